The highest BCUT2D eigenvalue weighted by Gasteiger charge is 2.18. The molecule has 0 radical (unpaired) electrons. The van der Waals surface area contributed by atoms with Crippen molar-refractivity contribution in [2.24, 2.45) is 0 Å². The molecule has 8 nitrogen and oxygen atoms in total. The van der Waals surface area contributed by atoms with Gasteiger partial charge < -0.3 is 20.3 Å². The first-order valence-electron chi connectivity index (χ1n) is 13.3. The molecule has 0 spiro atoms. The van der Waals surface area contributed by atoms with Crippen molar-refractivity contribution in [3.63, 3.8) is 0 Å². The minimum absolute atomic E-state index is 0.315. The van der Waals surface area contributed by atoms with E-state index in [1.54, 1.807) is 18.6 Å². The van der Waals surface area contributed by atoms with E-state index in [1.165, 1.54) is 0 Å². The first-order chi connectivity index (χ1) is 19.2. The van der Waals surface area contributed by atoms with Crippen LogP contribution in [0.25, 0.3) is 22.0 Å². The Morgan fingerprint density at radius 3 is 2.67 bits per heavy atom. The number of aromatic nitrogens is 4. The topological polar surface area (TPSA) is 88.1 Å². The van der Waals surface area contributed by atoms with Crippen molar-refractivity contribution < 1.29 is 4.74 Å². The van der Waals surface area contributed by atoms with Gasteiger partial charge in [-0.1, -0.05) is 30.3 Å². The number of rotatable bonds is 7. The zero-order chi connectivity index (χ0) is 26.6. The number of aryl methyl sites for hydroxylation is 1. The molecule has 1 atom stereocenters. The normalized spacial score (nSPS) is 15.2. The van der Waals surface area contributed by atoms with Crippen LogP contribution in [0.15, 0.2) is 85.3 Å². The molecular weight excluding hydrogens is 486 g/mol. The van der Waals surface area contributed by atoms with Gasteiger partial charge >= 0.3 is 0 Å². The lowest BCUT2D eigenvalue weighted by Crippen LogP contribution is -2.38. The Labute approximate surface area is 228 Å². The number of nitrogens with one attached hydrogen (secondary N) is 2. The number of fused-ring (bicyclic) bond motifs is 1. The fraction of sp³-hybridized carbons (Fsp3) is 0.226. The lowest BCUT2D eigenvalue weighted by Gasteiger charge is -2.23. The lowest BCUT2D eigenvalue weighted by molar-refractivity contribution is 0.466. The van der Waals surface area contributed by atoms with Gasteiger partial charge in [0.2, 0.25) is 11.8 Å². The van der Waals surface area contributed by atoms with Gasteiger partial charge in [0.15, 0.2) is 0 Å². The average molecular weight is 518 g/mol. The molecule has 5 aromatic rings. The summed E-state index contributed by atoms with van der Waals surface area (Å²) in [7, 11) is 2.03. The average Bonchev–Trinajstić information content (AvgIpc) is 2.99. The van der Waals surface area contributed by atoms with Crippen LogP contribution in [-0.2, 0) is 0 Å². The van der Waals surface area contributed by atoms with Crippen LogP contribution in [0, 0.1) is 6.92 Å². The third-order valence-electron chi connectivity index (χ3n) is 7.07. The summed E-state index contributed by atoms with van der Waals surface area (Å²) in [5, 5.41) is 8.96. The molecule has 1 aliphatic rings. The number of ether oxygens (including phenoxy) is 1. The van der Waals surface area contributed by atoms with E-state index in [2.05, 4.69) is 61.7 Å². The van der Waals surface area contributed by atoms with E-state index in [0.29, 0.717) is 17.9 Å². The van der Waals surface area contributed by atoms with Crippen LogP contribution in [0.1, 0.15) is 18.4 Å². The van der Waals surface area contributed by atoms with Crippen molar-refractivity contribution >= 4 is 28.2 Å². The van der Waals surface area contributed by atoms with Gasteiger partial charge in [0.25, 0.3) is 0 Å². The number of hydrogen-bond donors (Lipinski definition) is 2. The van der Waals surface area contributed by atoms with Crippen molar-refractivity contribution in [1.82, 2.24) is 25.3 Å². The summed E-state index contributed by atoms with van der Waals surface area (Å²) >= 11 is 0. The Bertz CT molecular complexity index is 1590. The number of hydrogen-bond acceptors (Lipinski definition) is 8. The fourth-order valence-electron chi connectivity index (χ4n) is 5.03. The molecular formula is C31H31N7O. The minimum Gasteiger partial charge on any atom is -0.437 e. The fourth-order valence-corrected chi connectivity index (χ4v) is 5.03. The Morgan fingerprint density at radius 1 is 0.897 bits per heavy atom. The standard InChI is InChI=1S/C31H31N7O/c1-21-13-14-23-24(9-5-11-27(23)38(2)28-12-3-4-17-33-28)29(21)39-30-25(10-7-18-34-30)26-15-19-35-31(37-26)36-22-8-6-16-32-20-22/h3-5,7,9-15,17-19,22,32H,6,8,16,20H2,1-2H3,(H,35,36,37)/t22-/m0/s1. The van der Waals surface area contributed by atoms with E-state index in [9.17, 15) is 0 Å². The monoisotopic (exact) mass is 517 g/mol. The number of anilines is 3. The third kappa shape index (κ3) is 5.24. The summed E-state index contributed by atoms with van der Waals surface area (Å²) in [6.07, 6.45) is 7.56. The van der Waals surface area contributed by atoms with E-state index >= 15 is 0 Å². The Kier molecular flexibility index (Phi) is 7.01. The van der Waals surface area contributed by atoms with Gasteiger partial charge in [-0.05, 0) is 68.3 Å². The van der Waals surface area contributed by atoms with Crippen molar-refractivity contribution in [2.45, 2.75) is 25.8 Å². The maximum atomic E-state index is 6.60. The molecule has 39 heavy (non-hydrogen) atoms. The van der Waals surface area contributed by atoms with E-state index in [1.807, 2.05) is 49.5 Å². The van der Waals surface area contributed by atoms with Gasteiger partial charge in [0.1, 0.15) is 11.6 Å². The van der Waals surface area contributed by atoms with E-state index < -0.39 is 0 Å². The second kappa shape index (κ2) is 11.0. The predicted molar refractivity (Wildman–Crippen MR) is 156 cm³/mol. The molecule has 1 aliphatic heterocycles. The van der Waals surface area contributed by atoms with Crippen molar-refractivity contribution in [2.75, 3.05) is 30.4 Å². The first kappa shape index (κ1) is 24.8. The second-order valence-electron chi connectivity index (χ2n) is 9.74. The molecule has 4 heterocycles. The molecule has 196 valence electrons. The van der Waals surface area contributed by atoms with Crippen LogP contribution < -0.4 is 20.3 Å². The van der Waals surface area contributed by atoms with Gasteiger partial charge in [0.05, 0.1) is 16.9 Å². The maximum absolute atomic E-state index is 6.60. The van der Waals surface area contributed by atoms with Crippen LogP contribution in [-0.4, -0.2) is 46.1 Å². The molecule has 1 fully saturated rings. The van der Waals surface area contributed by atoms with E-state index in [-0.39, 0.29) is 0 Å². The molecule has 6 rings (SSSR count). The van der Waals surface area contributed by atoms with Crippen molar-refractivity contribution in [3.05, 3.63) is 90.9 Å². The summed E-state index contributed by atoms with van der Waals surface area (Å²) < 4.78 is 6.60. The maximum Gasteiger partial charge on any atom is 0.228 e. The minimum atomic E-state index is 0.315. The largest absolute Gasteiger partial charge is 0.437 e. The number of piperidine rings is 1. The van der Waals surface area contributed by atoms with Crippen LogP contribution >= 0.6 is 0 Å². The number of pyridine rings is 2. The van der Waals surface area contributed by atoms with Crippen molar-refractivity contribution in [3.8, 4) is 22.9 Å². The molecule has 0 saturated carbocycles. The van der Waals surface area contributed by atoms with Gasteiger partial charge in [-0.2, -0.15) is 0 Å². The van der Waals surface area contributed by atoms with Crippen LogP contribution in [0.2, 0.25) is 0 Å². The summed E-state index contributed by atoms with van der Waals surface area (Å²) in [6.45, 7) is 4.02. The lowest BCUT2D eigenvalue weighted by atomic mass is 10.0. The Hall–Kier alpha value is -4.56. The van der Waals surface area contributed by atoms with Gasteiger partial charge in [0, 0.05) is 49.0 Å². The highest BCUT2D eigenvalue weighted by molar-refractivity contribution is 6.00. The molecule has 0 unspecified atom stereocenters. The summed E-state index contributed by atoms with van der Waals surface area (Å²) in [4.78, 5) is 20.5. The highest BCUT2D eigenvalue weighted by Crippen LogP contribution is 2.40. The molecule has 2 N–H and O–H groups in total. The van der Waals surface area contributed by atoms with E-state index in [0.717, 1.165) is 70.8 Å². The molecule has 0 bridgehead atoms. The Balaban J connectivity index is 1.35. The number of benzene rings is 2. The number of nitrogens with zero attached hydrogens (tertiary/aromatic N) is 5. The SMILES string of the molecule is Cc1ccc2c(N(C)c3ccccn3)cccc2c1Oc1ncccc1-c1ccnc(N[C@H]2CCCNC2)n1. The second-order valence-corrected chi connectivity index (χ2v) is 9.74. The molecule has 0 amide bonds. The first-order valence-corrected chi connectivity index (χ1v) is 13.3. The zero-order valence-corrected chi connectivity index (χ0v) is 22.1. The third-order valence-corrected chi connectivity index (χ3v) is 7.07. The summed E-state index contributed by atoms with van der Waals surface area (Å²) in [6, 6.07) is 22.5. The molecule has 3 aromatic heterocycles. The highest BCUT2D eigenvalue weighted by atomic mass is 16.5. The Morgan fingerprint density at radius 2 is 1.82 bits per heavy atom. The smallest absolute Gasteiger partial charge is 0.228 e. The summed E-state index contributed by atoms with van der Waals surface area (Å²) in [5.74, 6) is 2.75. The predicted octanol–water partition coefficient (Wildman–Crippen LogP) is 6.12. The van der Waals surface area contributed by atoms with Gasteiger partial charge in [-0.25, -0.2) is 19.9 Å². The zero-order valence-electron chi connectivity index (χ0n) is 22.1. The molecule has 8 heteroatoms. The van der Waals surface area contributed by atoms with Crippen LogP contribution in [0.3, 0.4) is 0 Å². The quantitative estimate of drug-likeness (QED) is 0.267. The van der Waals surface area contributed by atoms with Crippen LogP contribution in [0.5, 0.6) is 11.6 Å². The molecule has 0 aliphatic carbocycles. The molecule has 2 aromatic carbocycles. The van der Waals surface area contributed by atoms with Gasteiger partial charge in [-0.3, -0.25) is 0 Å². The van der Waals surface area contributed by atoms with Crippen molar-refractivity contribution in [1.29, 1.82) is 0 Å². The van der Waals surface area contributed by atoms with Gasteiger partial charge in [-0.15, -0.1) is 0 Å². The van der Waals surface area contributed by atoms with Crippen LogP contribution in [0.4, 0.5) is 17.5 Å². The summed E-state index contributed by atoms with van der Waals surface area (Å²) in [5.41, 5.74) is 3.63. The van der Waals surface area contributed by atoms with E-state index in [4.69, 9.17) is 9.72 Å². The molecule has 1 saturated heterocycles.